The molecule has 0 aliphatic carbocycles. The summed E-state index contributed by atoms with van der Waals surface area (Å²) in [6.45, 7) is 0.343. The Morgan fingerprint density at radius 3 is 2.74 bits per heavy atom. The molecule has 1 fully saturated rings. The normalized spacial score (nSPS) is 17.2. The SMILES string of the molecule is COc1ccccc1N1CC(C(=O)Nc2ccncc2)CC1=O. The number of pyridine rings is 1. The maximum absolute atomic E-state index is 12.3. The first-order chi connectivity index (χ1) is 11.2. The number of carbonyl (C=O) groups is 2. The van der Waals surface area contributed by atoms with E-state index in [1.165, 1.54) is 0 Å². The monoisotopic (exact) mass is 311 g/mol. The lowest BCUT2D eigenvalue weighted by Crippen LogP contribution is -2.28. The minimum Gasteiger partial charge on any atom is -0.495 e. The van der Waals surface area contributed by atoms with Crippen LogP contribution in [0.2, 0.25) is 0 Å². The number of carbonyl (C=O) groups excluding carboxylic acids is 2. The average molecular weight is 311 g/mol. The minimum atomic E-state index is -0.388. The highest BCUT2D eigenvalue weighted by Gasteiger charge is 2.36. The van der Waals surface area contributed by atoms with Gasteiger partial charge in [-0.2, -0.15) is 0 Å². The van der Waals surface area contributed by atoms with E-state index in [-0.39, 0.29) is 24.2 Å². The van der Waals surface area contributed by atoms with Crippen LogP contribution < -0.4 is 15.0 Å². The number of benzene rings is 1. The number of hydrogen-bond donors (Lipinski definition) is 1. The van der Waals surface area contributed by atoms with Crippen molar-refractivity contribution < 1.29 is 14.3 Å². The molecule has 0 spiro atoms. The number of nitrogens with zero attached hydrogens (tertiary/aromatic N) is 2. The second kappa shape index (κ2) is 6.48. The number of rotatable bonds is 4. The largest absolute Gasteiger partial charge is 0.495 e. The zero-order valence-corrected chi connectivity index (χ0v) is 12.7. The number of amides is 2. The molecule has 1 aliphatic heterocycles. The molecule has 2 amide bonds. The molecule has 1 atom stereocenters. The van der Waals surface area contributed by atoms with E-state index in [2.05, 4.69) is 10.3 Å². The van der Waals surface area contributed by atoms with Crippen molar-refractivity contribution in [1.82, 2.24) is 4.98 Å². The Hall–Kier alpha value is -2.89. The van der Waals surface area contributed by atoms with Crippen LogP contribution in [0.1, 0.15) is 6.42 Å². The van der Waals surface area contributed by atoms with Gasteiger partial charge >= 0.3 is 0 Å². The highest BCUT2D eigenvalue weighted by Crippen LogP contribution is 2.33. The van der Waals surface area contributed by atoms with E-state index in [1.54, 1.807) is 42.6 Å². The fraction of sp³-hybridized carbons (Fsp3) is 0.235. The summed E-state index contributed by atoms with van der Waals surface area (Å²) >= 11 is 0. The van der Waals surface area contributed by atoms with Gasteiger partial charge in [-0.1, -0.05) is 12.1 Å². The molecule has 23 heavy (non-hydrogen) atoms. The van der Waals surface area contributed by atoms with Crippen LogP contribution in [0.25, 0.3) is 0 Å². The summed E-state index contributed by atoms with van der Waals surface area (Å²) in [6, 6.07) is 10.7. The number of anilines is 2. The first kappa shape index (κ1) is 15.0. The van der Waals surface area contributed by atoms with E-state index in [4.69, 9.17) is 4.74 Å². The molecule has 1 aromatic heterocycles. The van der Waals surface area contributed by atoms with E-state index in [0.717, 1.165) is 0 Å². The van der Waals surface area contributed by atoms with Crippen molar-refractivity contribution in [2.24, 2.45) is 5.92 Å². The van der Waals surface area contributed by atoms with Crippen molar-refractivity contribution in [2.75, 3.05) is 23.9 Å². The fourth-order valence-corrected chi connectivity index (χ4v) is 2.65. The third-order valence-electron chi connectivity index (χ3n) is 3.82. The first-order valence-corrected chi connectivity index (χ1v) is 7.33. The van der Waals surface area contributed by atoms with E-state index < -0.39 is 0 Å². The van der Waals surface area contributed by atoms with Gasteiger partial charge in [-0.15, -0.1) is 0 Å². The van der Waals surface area contributed by atoms with Gasteiger partial charge in [-0.25, -0.2) is 0 Å². The average Bonchev–Trinajstić information content (AvgIpc) is 2.97. The van der Waals surface area contributed by atoms with Crippen molar-refractivity contribution >= 4 is 23.2 Å². The lowest BCUT2D eigenvalue weighted by atomic mass is 10.1. The van der Waals surface area contributed by atoms with Gasteiger partial charge in [-0.05, 0) is 24.3 Å². The van der Waals surface area contributed by atoms with E-state index in [9.17, 15) is 9.59 Å². The maximum Gasteiger partial charge on any atom is 0.229 e. The minimum absolute atomic E-state index is 0.0793. The molecule has 1 saturated heterocycles. The Morgan fingerprint density at radius 2 is 2.00 bits per heavy atom. The summed E-state index contributed by atoms with van der Waals surface area (Å²) in [5, 5.41) is 2.82. The lowest BCUT2D eigenvalue weighted by molar-refractivity contribution is -0.122. The predicted molar refractivity (Wildman–Crippen MR) is 86.3 cm³/mol. The van der Waals surface area contributed by atoms with Gasteiger partial charge in [0, 0.05) is 31.0 Å². The van der Waals surface area contributed by atoms with Crippen LogP contribution in [-0.2, 0) is 9.59 Å². The van der Waals surface area contributed by atoms with Gasteiger partial charge in [0.05, 0.1) is 18.7 Å². The lowest BCUT2D eigenvalue weighted by Gasteiger charge is -2.19. The van der Waals surface area contributed by atoms with Crippen LogP contribution in [0.15, 0.2) is 48.8 Å². The Balaban J connectivity index is 1.73. The molecule has 0 bridgehead atoms. The second-order valence-corrected chi connectivity index (χ2v) is 5.30. The number of methoxy groups -OCH3 is 1. The van der Waals surface area contributed by atoms with Crippen molar-refractivity contribution in [2.45, 2.75) is 6.42 Å². The molecule has 1 aromatic carbocycles. The smallest absolute Gasteiger partial charge is 0.229 e. The molecule has 1 N–H and O–H groups in total. The first-order valence-electron chi connectivity index (χ1n) is 7.33. The van der Waals surface area contributed by atoms with Crippen LogP contribution in [0.5, 0.6) is 5.75 Å². The summed E-state index contributed by atoms with van der Waals surface area (Å²) in [4.78, 5) is 30.2. The molecule has 2 aromatic rings. The standard InChI is InChI=1S/C17H17N3O3/c1-23-15-5-3-2-4-14(15)20-11-12(10-16(20)21)17(22)19-13-6-8-18-9-7-13/h2-9,12H,10-11H2,1H3,(H,18,19,22). The number of ether oxygens (including phenoxy) is 1. The van der Waals surface area contributed by atoms with Crippen LogP contribution in [0.4, 0.5) is 11.4 Å². The predicted octanol–water partition coefficient (Wildman–Crippen LogP) is 2.08. The van der Waals surface area contributed by atoms with Crippen LogP contribution in [0.3, 0.4) is 0 Å². The van der Waals surface area contributed by atoms with Crippen LogP contribution in [0, 0.1) is 5.92 Å². The van der Waals surface area contributed by atoms with E-state index >= 15 is 0 Å². The molecule has 3 rings (SSSR count). The van der Waals surface area contributed by atoms with Gasteiger partial charge in [0.25, 0.3) is 0 Å². The molecule has 118 valence electrons. The molecular weight excluding hydrogens is 294 g/mol. The molecule has 6 heteroatoms. The highest BCUT2D eigenvalue weighted by atomic mass is 16.5. The van der Waals surface area contributed by atoms with E-state index in [1.807, 2.05) is 18.2 Å². The van der Waals surface area contributed by atoms with Gasteiger partial charge in [-0.3, -0.25) is 14.6 Å². The van der Waals surface area contributed by atoms with Crippen molar-refractivity contribution in [3.63, 3.8) is 0 Å². The Kier molecular flexibility index (Phi) is 4.23. The third kappa shape index (κ3) is 3.15. The van der Waals surface area contributed by atoms with Gasteiger partial charge in [0.15, 0.2) is 0 Å². The quantitative estimate of drug-likeness (QED) is 0.938. The summed E-state index contributed by atoms with van der Waals surface area (Å²) in [7, 11) is 1.56. The Morgan fingerprint density at radius 1 is 1.26 bits per heavy atom. The Bertz CT molecular complexity index is 718. The van der Waals surface area contributed by atoms with Crippen LogP contribution in [-0.4, -0.2) is 30.5 Å². The molecular formula is C17H17N3O3. The maximum atomic E-state index is 12.3. The van der Waals surface area contributed by atoms with E-state index in [0.29, 0.717) is 23.7 Å². The Labute approximate surface area is 134 Å². The number of para-hydroxylation sites is 2. The zero-order chi connectivity index (χ0) is 16.2. The molecule has 1 aliphatic rings. The summed E-state index contributed by atoms with van der Waals surface area (Å²) < 4.78 is 5.30. The molecule has 0 radical (unpaired) electrons. The third-order valence-corrected chi connectivity index (χ3v) is 3.82. The molecule has 6 nitrogen and oxygen atoms in total. The highest BCUT2D eigenvalue weighted by molar-refractivity contribution is 6.04. The summed E-state index contributed by atoms with van der Waals surface area (Å²) in [5.41, 5.74) is 1.37. The van der Waals surface area contributed by atoms with Gasteiger partial charge in [0.1, 0.15) is 5.75 Å². The molecule has 2 heterocycles. The van der Waals surface area contributed by atoms with Crippen molar-refractivity contribution in [3.8, 4) is 5.75 Å². The zero-order valence-electron chi connectivity index (χ0n) is 12.7. The number of nitrogens with one attached hydrogen (secondary N) is 1. The van der Waals surface area contributed by atoms with Crippen molar-refractivity contribution in [3.05, 3.63) is 48.8 Å². The van der Waals surface area contributed by atoms with Crippen LogP contribution >= 0.6 is 0 Å². The summed E-state index contributed by atoms with van der Waals surface area (Å²) in [6.07, 6.45) is 3.40. The molecule has 1 unspecified atom stereocenters. The van der Waals surface area contributed by atoms with Crippen molar-refractivity contribution in [1.29, 1.82) is 0 Å². The molecule has 0 saturated carbocycles. The second-order valence-electron chi connectivity index (χ2n) is 5.30. The van der Waals surface area contributed by atoms with Gasteiger partial charge in [0.2, 0.25) is 11.8 Å². The topological polar surface area (TPSA) is 71.5 Å². The van der Waals surface area contributed by atoms with Gasteiger partial charge < -0.3 is 15.0 Å². The fourth-order valence-electron chi connectivity index (χ4n) is 2.65. The summed E-state index contributed by atoms with van der Waals surface area (Å²) in [5.74, 6) is -0.0112. The number of hydrogen-bond acceptors (Lipinski definition) is 4. The number of aromatic nitrogens is 1.